The van der Waals surface area contributed by atoms with Crippen LogP contribution in [0.4, 0.5) is 5.69 Å². The van der Waals surface area contributed by atoms with Crippen molar-refractivity contribution in [1.29, 1.82) is 0 Å². The molecule has 2 N–H and O–H groups in total. The quantitative estimate of drug-likeness (QED) is 0.800. The average Bonchev–Trinajstić information content (AvgIpc) is 3.18. The van der Waals surface area contributed by atoms with E-state index < -0.39 is 23.0 Å². The number of anilines is 1. The maximum atomic E-state index is 13.4. The van der Waals surface area contributed by atoms with E-state index in [-0.39, 0.29) is 5.91 Å². The number of para-hydroxylation sites is 1. The van der Waals surface area contributed by atoms with Gasteiger partial charge in [-0.25, -0.2) is 0 Å². The number of aliphatic hydroxyl groups excluding tert-OH is 1. The highest BCUT2D eigenvalue weighted by molar-refractivity contribution is 6.10. The van der Waals surface area contributed by atoms with Crippen LogP contribution in [-0.2, 0) is 19.9 Å². The third-order valence-electron chi connectivity index (χ3n) is 6.36. The number of fused-ring (bicyclic) bond motifs is 2. The van der Waals surface area contributed by atoms with Gasteiger partial charge in [-0.1, -0.05) is 48.0 Å². The first-order valence-corrected chi connectivity index (χ1v) is 9.35. The summed E-state index contributed by atoms with van der Waals surface area (Å²) in [6.07, 6.45) is -0.908. The third kappa shape index (κ3) is 2.16. The van der Waals surface area contributed by atoms with E-state index in [0.29, 0.717) is 29.8 Å². The number of hydrogen-bond donors (Lipinski definition) is 2. The van der Waals surface area contributed by atoms with Crippen LogP contribution in [0.2, 0.25) is 0 Å². The zero-order valence-electron chi connectivity index (χ0n) is 16.2. The predicted molar refractivity (Wildman–Crippen MR) is 105 cm³/mol. The molecule has 3 atom stereocenters. The molecule has 0 aromatic heterocycles. The second kappa shape index (κ2) is 6.43. The summed E-state index contributed by atoms with van der Waals surface area (Å²) in [5, 5.41) is 14.5. The number of nitrogens with zero attached hydrogens (tertiary/aromatic N) is 1. The van der Waals surface area contributed by atoms with Gasteiger partial charge in [-0.05, 0) is 32.0 Å². The van der Waals surface area contributed by atoms with Gasteiger partial charge in [0.25, 0.3) is 5.91 Å². The van der Waals surface area contributed by atoms with E-state index >= 15 is 0 Å². The van der Waals surface area contributed by atoms with Gasteiger partial charge in [0.15, 0.2) is 0 Å². The topological polar surface area (TPSA) is 78.9 Å². The minimum absolute atomic E-state index is 0.299. The van der Waals surface area contributed by atoms with Gasteiger partial charge in [0, 0.05) is 17.8 Å². The Hall–Kier alpha value is -2.70. The van der Waals surface area contributed by atoms with Crippen molar-refractivity contribution in [3.63, 3.8) is 0 Å². The van der Waals surface area contributed by atoms with Crippen molar-refractivity contribution in [2.75, 3.05) is 26.0 Å². The maximum absolute atomic E-state index is 13.4. The number of nitrogens with one attached hydrogen (secondary N) is 1. The minimum Gasteiger partial charge on any atom is -0.468 e. The lowest BCUT2D eigenvalue weighted by atomic mass is 9.62. The number of likely N-dealkylation sites (tertiary alicyclic amines) is 1. The fourth-order valence-corrected chi connectivity index (χ4v) is 5.01. The van der Waals surface area contributed by atoms with Gasteiger partial charge in [0.05, 0.1) is 13.2 Å². The number of hydrogen-bond acceptors (Lipinski definition) is 5. The molecule has 2 aromatic rings. The molecule has 6 nitrogen and oxygen atoms in total. The molecule has 2 aromatic carbocycles. The van der Waals surface area contributed by atoms with Crippen LogP contribution in [0, 0.1) is 12.3 Å². The monoisotopic (exact) mass is 380 g/mol. The molecule has 1 fully saturated rings. The number of aliphatic hydroxyl groups is 1. The molecule has 146 valence electrons. The Balaban J connectivity index is 2.00. The summed E-state index contributed by atoms with van der Waals surface area (Å²) in [7, 11) is 3.12. The largest absolute Gasteiger partial charge is 0.468 e. The SMILES string of the molecule is COC(=O)C1(C(O)c2ccc(C)cc2)CCN(C)C12C(=O)Nc1ccccc12. The van der Waals surface area contributed by atoms with Crippen LogP contribution in [0.5, 0.6) is 0 Å². The van der Waals surface area contributed by atoms with E-state index in [9.17, 15) is 14.7 Å². The van der Waals surface area contributed by atoms with Crippen LogP contribution in [0.3, 0.4) is 0 Å². The summed E-state index contributed by atoms with van der Waals surface area (Å²) in [6.45, 7) is 2.43. The van der Waals surface area contributed by atoms with Crippen LogP contribution in [0.1, 0.15) is 29.2 Å². The van der Waals surface area contributed by atoms with Gasteiger partial charge in [0.2, 0.25) is 0 Å². The second-order valence-corrected chi connectivity index (χ2v) is 7.66. The highest BCUT2D eigenvalue weighted by atomic mass is 16.5. The standard InChI is InChI=1S/C22H24N2O4/c1-14-8-10-15(11-9-14)18(25)21(20(27)28-3)12-13-24(2)22(21)16-6-4-5-7-17(16)23-19(22)26/h4-11,18,25H,12-13H2,1-3H3,(H,23,26). The first-order chi connectivity index (χ1) is 13.4. The van der Waals surface area contributed by atoms with Gasteiger partial charge in [-0.3, -0.25) is 14.5 Å². The molecule has 2 aliphatic heterocycles. The summed E-state index contributed by atoms with van der Waals surface area (Å²) in [5.74, 6) is -0.901. The number of likely N-dealkylation sites (N-methyl/N-ethyl adjacent to an activating group) is 1. The van der Waals surface area contributed by atoms with Crippen LogP contribution in [-0.4, -0.2) is 42.6 Å². The molecule has 0 bridgehead atoms. The fourth-order valence-electron chi connectivity index (χ4n) is 5.01. The van der Waals surface area contributed by atoms with Crippen molar-refractivity contribution in [2.45, 2.75) is 25.0 Å². The molecule has 0 aliphatic carbocycles. The number of carbonyl (C=O) groups excluding carboxylic acids is 2. The van der Waals surface area contributed by atoms with Crippen molar-refractivity contribution >= 4 is 17.6 Å². The number of methoxy groups -OCH3 is 1. The third-order valence-corrected chi connectivity index (χ3v) is 6.36. The molecule has 2 heterocycles. The molecule has 28 heavy (non-hydrogen) atoms. The van der Waals surface area contributed by atoms with E-state index in [1.165, 1.54) is 7.11 Å². The number of ether oxygens (including phenoxy) is 1. The van der Waals surface area contributed by atoms with Gasteiger partial charge in [-0.15, -0.1) is 0 Å². The molecule has 0 saturated carbocycles. The molecular formula is C22H24N2O4. The van der Waals surface area contributed by atoms with E-state index in [0.717, 1.165) is 5.56 Å². The van der Waals surface area contributed by atoms with E-state index in [1.54, 1.807) is 12.1 Å². The van der Waals surface area contributed by atoms with Gasteiger partial charge in [0.1, 0.15) is 11.0 Å². The van der Waals surface area contributed by atoms with Crippen LogP contribution in [0.15, 0.2) is 48.5 Å². The van der Waals surface area contributed by atoms with Crippen LogP contribution < -0.4 is 5.32 Å². The van der Waals surface area contributed by atoms with Crippen molar-refractivity contribution in [3.05, 3.63) is 65.2 Å². The number of carbonyl (C=O) groups is 2. The smallest absolute Gasteiger partial charge is 0.317 e. The van der Waals surface area contributed by atoms with Crippen molar-refractivity contribution in [2.24, 2.45) is 5.41 Å². The molecule has 1 spiro atoms. The zero-order chi connectivity index (χ0) is 20.1. The normalized spacial score (nSPS) is 27.5. The van der Waals surface area contributed by atoms with Crippen molar-refractivity contribution in [3.8, 4) is 0 Å². The number of amides is 1. The zero-order valence-corrected chi connectivity index (χ0v) is 16.2. The molecule has 0 radical (unpaired) electrons. The molecular weight excluding hydrogens is 356 g/mol. The molecule has 1 amide bonds. The highest BCUT2D eigenvalue weighted by Crippen LogP contribution is 2.62. The summed E-state index contributed by atoms with van der Waals surface area (Å²) >= 11 is 0. The molecule has 6 heteroatoms. The van der Waals surface area contributed by atoms with Crippen LogP contribution in [0.25, 0.3) is 0 Å². The summed E-state index contributed by atoms with van der Waals surface area (Å²) in [6, 6.07) is 14.7. The van der Waals surface area contributed by atoms with Crippen molar-refractivity contribution in [1.82, 2.24) is 4.90 Å². The first kappa shape index (κ1) is 18.7. The van der Waals surface area contributed by atoms with E-state index in [4.69, 9.17) is 4.74 Å². The lowest BCUT2D eigenvalue weighted by Crippen LogP contribution is -2.60. The van der Waals surface area contributed by atoms with Crippen LogP contribution >= 0.6 is 0 Å². The minimum atomic E-state index is -1.47. The number of esters is 1. The van der Waals surface area contributed by atoms with E-state index in [2.05, 4.69) is 5.32 Å². The van der Waals surface area contributed by atoms with Gasteiger partial charge in [-0.2, -0.15) is 0 Å². The molecule has 1 saturated heterocycles. The van der Waals surface area contributed by atoms with Gasteiger partial charge < -0.3 is 15.2 Å². The van der Waals surface area contributed by atoms with Crippen molar-refractivity contribution < 1.29 is 19.4 Å². The summed E-state index contributed by atoms with van der Waals surface area (Å²) in [4.78, 5) is 28.6. The maximum Gasteiger partial charge on any atom is 0.317 e. The van der Waals surface area contributed by atoms with Gasteiger partial charge >= 0.3 is 5.97 Å². The lowest BCUT2D eigenvalue weighted by Gasteiger charge is -2.45. The Bertz CT molecular complexity index is 942. The molecule has 3 unspecified atom stereocenters. The highest BCUT2D eigenvalue weighted by Gasteiger charge is 2.73. The Morgan fingerprint density at radius 1 is 1.21 bits per heavy atom. The Morgan fingerprint density at radius 3 is 2.57 bits per heavy atom. The Kier molecular flexibility index (Phi) is 4.28. The summed E-state index contributed by atoms with van der Waals surface area (Å²) < 4.78 is 5.20. The fraction of sp³-hybridized carbons (Fsp3) is 0.364. The number of rotatable bonds is 3. The Labute approximate surface area is 164 Å². The molecule has 2 aliphatic rings. The summed E-state index contributed by atoms with van der Waals surface area (Å²) in [5.41, 5.74) is 0.166. The van der Waals surface area contributed by atoms with E-state index in [1.807, 2.05) is 55.3 Å². The number of aryl methyl sites for hydroxylation is 1. The molecule has 4 rings (SSSR count). The number of benzene rings is 2. The second-order valence-electron chi connectivity index (χ2n) is 7.66. The predicted octanol–water partition coefficient (Wildman–Crippen LogP) is 2.37. The Morgan fingerprint density at radius 2 is 1.89 bits per heavy atom. The average molecular weight is 380 g/mol. The lowest BCUT2D eigenvalue weighted by molar-refractivity contribution is -0.175. The first-order valence-electron chi connectivity index (χ1n) is 9.35.